The molecule has 0 aliphatic carbocycles. The Morgan fingerprint density at radius 2 is 1.50 bits per heavy atom. The average Bonchev–Trinajstić information content (AvgIpc) is 1.81. The lowest BCUT2D eigenvalue weighted by molar-refractivity contribution is 2.50. The summed E-state index contributed by atoms with van der Waals surface area (Å²) in [5, 5.41) is 0. The molecule has 2 heteroatoms. The Labute approximate surface area is 53.8 Å². The van der Waals surface area contributed by atoms with Gasteiger partial charge >= 0.3 is 0 Å². The lowest BCUT2D eigenvalue weighted by atomic mass is 12.0. The molecule has 0 fully saturated rings. The molecule has 0 radical (unpaired) electrons. The smallest absolute Gasteiger partial charge is 0.0194 e. The Bertz CT molecular complexity index is 9.65. The number of thiocarbonyl (C=S) groups is 1. The highest BCUT2D eigenvalue weighted by molar-refractivity contribution is 7.79. The van der Waals surface area contributed by atoms with Crippen molar-refractivity contribution in [3.8, 4) is 0 Å². The van der Waals surface area contributed by atoms with E-state index >= 15 is 0 Å². The summed E-state index contributed by atoms with van der Waals surface area (Å²) in [7, 11) is 1.25. The highest BCUT2D eigenvalue weighted by Gasteiger charge is 0.901. The zero-order chi connectivity index (χ0) is 6.00. The standard InChI is InChI=1S/CH4S.CH2S.2CH4/c2*1-2;;/h2H,1H3;1H2;2*1H4/i;;1D;. The van der Waals surface area contributed by atoms with Crippen molar-refractivity contribution in [2.45, 2.75) is 14.8 Å². The van der Waals surface area contributed by atoms with Crippen molar-refractivity contribution >= 4 is 30.7 Å². The summed E-state index contributed by atoms with van der Waals surface area (Å²) in [4.78, 5) is 0. The molecular formula is C4H14S2. The third-order valence-corrected chi connectivity index (χ3v) is 0. The number of rotatable bonds is 0. The molecule has 42 valence electrons. The molecule has 6 heavy (non-hydrogen) atoms. The van der Waals surface area contributed by atoms with Gasteiger partial charge in [0.15, 0.2) is 0 Å². The van der Waals surface area contributed by atoms with E-state index < -0.39 is 0 Å². The van der Waals surface area contributed by atoms with Gasteiger partial charge in [-0.3, -0.25) is 0 Å². The first-order valence-corrected chi connectivity index (χ1v) is 2.21. The SMILES string of the molecule is C.C=S.CS.[2H]C. The first-order valence-electron chi connectivity index (χ1n) is 1.74. The Morgan fingerprint density at radius 1 is 1.50 bits per heavy atom. The molecule has 0 rings (SSSR count). The minimum Gasteiger partial charge on any atom is -0.183 e. The van der Waals surface area contributed by atoms with E-state index in [1.54, 1.807) is 6.26 Å². The molecular weight excluding hydrogens is 112 g/mol. The van der Waals surface area contributed by atoms with Gasteiger partial charge in [0.05, 0.1) is 0 Å². The second kappa shape index (κ2) is 554. The second-order valence-corrected chi connectivity index (χ2v) is 0. The van der Waals surface area contributed by atoms with E-state index in [1.807, 2.05) is 0 Å². The monoisotopic (exact) mass is 127 g/mol. The topological polar surface area (TPSA) is 0 Å². The van der Waals surface area contributed by atoms with Crippen LogP contribution < -0.4 is 0 Å². The van der Waals surface area contributed by atoms with Gasteiger partial charge in [-0.05, 0) is 12.1 Å². The van der Waals surface area contributed by atoms with Gasteiger partial charge < -0.3 is 0 Å². The predicted molar refractivity (Wildman–Crippen MR) is 43.1 cm³/mol. The molecule has 0 aliphatic heterocycles. The summed E-state index contributed by atoms with van der Waals surface area (Å²) < 4.78 is 5.75. The van der Waals surface area contributed by atoms with E-state index in [2.05, 4.69) is 30.7 Å². The maximum atomic E-state index is 5.75. The molecule has 0 saturated carbocycles. The van der Waals surface area contributed by atoms with E-state index in [9.17, 15) is 0 Å². The van der Waals surface area contributed by atoms with Crippen LogP contribution in [0.15, 0.2) is 0 Å². The summed E-state index contributed by atoms with van der Waals surface area (Å²) in [6, 6.07) is 0. The molecule has 0 N–H and O–H groups in total. The van der Waals surface area contributed by atoms with Crippen molar-refractivity contribution in [3.05, 3.63) is 0 Å². The third-order valence-electron chi connectivity index (χ3n) is 0. The summed E-state index contributed by atoms with van der Waals surface area (Å²) >= 11 is 7.36. The molecule has 0 spiro atoms. The van der Waals surface area contributed by atoms with Crippen molar-refractivity contribution in [2.75, 3.05) is 6.26 Å². The van der Waals surface area contributed by atoms with Gasteiger partial charge in [0.1, 0.15) is 0 Å². The summed E-state index contributed by atoms with van der Waals surface area (Å²) in [5.41, 5.74) is 0. The van der Waals surface area contributed by atoms with Crippen molar-refractivity contribution in [1.82, 2.24) is 0 Å². The molecule has 0 bridgehead atoms. The summed E-state index contributed by atoms with van der Waals surface area (Å²) in [6.07, 6.45) is 1.69. The van der Waals surface area contributed by atoms with Crippen LogP contribution in [0.25, 0.3) is 0 Å². The van der Waals surface area contributed by atoms with E-state index in [1.165, 1.54) is 7.40 Å². The number of thiol groups is 1. The van der Waals surface area contributed by atoms with E-state index in [0.29, 0.717) is 0 Å². The number of hydrogen-bond donors (Lipinski definition) is 1. The molecule has 0 nitrogen and oxygen atoms in total. The number of hydrogen-bond acceptors (Lipinski definition) is 2. The average molecular weight is 127 g/mol. The fourth-order valence-corrected chi connectivity index (χ4v) is 0. The lowest BCUT2D eigenvalue weighted by Gasteiger charge is -1.11. The highest BCUT2D eigenvalue weighted by atomic mass is 32.1. The van der Waals surface area contributed by atoms with Gasteiger partial charge in [0.25, 0.3) is 0 Å². The molecule has 0 heterocycles. The lowest BCUT2D eigenvalue weighted by Crippen LogP contribution is -0.865. The zero-order valence-corrected chi connectivity index (χ0v) is 5.27. The predicted octanol–water partition coefficient (Wildman–Crippen LogP) is 2.43. The van der Waals surface area contributed by atoms with Gasteiger partial charge in [-0.2, -0.15) is 12.6 Å². The van der Waals surface area contributed by atoms with Crippen LogP contribution in [0.3, 0.4) is 0 Å². The van der Waals surface area contributed by atoms with Gasteiger partial charge in [-0.25, -0.2) is 0 Å². The first-order chi connectivity index (χ1) is 3.00. The Balaban J connectivity index is -0.00000000900. The van der Waals surface area contributed by atoms with Crippen LogP contribution in [0, 0.1) is 0 Å². The first kappa shape index (κ1) is 16.1. The van der Waals surface area contributed by atoms with Gasteiger partial charge in [0, 0.05) is 1.37 Å². The van der Waals surface area contributed by atoms with Crippen LogP contribution in [0.1, 0.15) is 16.2 Å². The summed E-state index contributed by atoms with van der Waals surface area (Å²) in [5.74, 6) is 2.83. The fraction of sp³-hybridized carbons (Fsp3) is 0.750. The van der Waals surface area contributed by atoms with Crippen LogP contribution in [0.2, 0.25) is 0 Å². The quantitative estimate of drug-likeness (QED) is 0.385. The van der Waals surface area contributed by atoms with E-state index in [0.717, 1.165) is 0 Å². The maximum absolute atomic E-state index is 5.75. The van der Waals surface area contributed by atoms with Crippen LogP contribution in [0.4, 0.5) is 0 Å². The zero-order valence-electron chi connectivity index (χ0n) is 4.56. The molecule has 0 atom stereocenters. The van der Waals surface area contributed by atoms with E-state index in [4.69, 9.17) is 1.37 Å². The van der Waals surface area contributed by atoms with Crippen LogP contribution in [-0.2, 0) is 0 Å². The fourth-order valence-electron chi connectivity index (χ4n) is 0. The highest BCUT2D eigenvalue weighted by Crippen LogP contribution is 1.31. The third kappa shape index (κ3) is 271. The molecule has 0 amide bonds. The minimum atomic E-state index is 0. The molecule has 0 saturated heterocycles. The Morgan fingerprint density at radius 3 is 1.50 bits per heavy atom. The van der Waals surface area contributed by atoms with E-state index in [-0.39, 0.29) is 7.43 Å². The van der Waals surface area contributed by atoms with Crippen LogP contribution >= 0.6 is 24.8 Å². The normalized spacial score (nSPS) is 2.83. The van der Waals surface area contributed by atoms with Crippen molar-refractivity contribution < 1.29 is 1.37 Å². The van der Waals surface area contributed by atoms with Gasteiger partial charge in [-0.1, -0.05) is 27.0 Å². The molecule has 0 aromatic rings. The van der Waals surface area contributed by atoms with Crippen LogP contribution in [-0.4, -0.2) is 12.1 Å². The molecule has 0 aliphatic rings. The molecule has 0 aromatic carbocycles. The summed E-state index contributed by atoms with van der Waals surface area (Å²) in [6.45, 7) is 0. The van der Waals surface area contributed by atoms with Crippen molar-refractivity contribution in [1.29, 1.82) is 0 Å². The second-order valence-electron chi connectivity index (χ2n) is 0. The molecule has 0 aromatic heterocycles. The largest absolute Gasteiger partial charge is 0.183 e. The minimum absolute atomic E-state index is 0. The van der Waals surface area contributed by atoms with Crippen molar-refractivity contribution in [2.24, 2.45) is 0 Å². The molecule has 0 unspecified atom stereocenters. The van der Waals surface area contributed by atoms with Gasteiger partial charge in [-0.15, -0.1) is 0 Å². The Hall–Kier alpha value is 0.440. The maximum Gasteiger partial charge on any atom is 0.0194 e. The van der Waals surface area contributed by atoms with Gasteiger partial charge in [0.2, 0.25) is 0 Å². The van der Waals surface area contributed by atoms with Crippen molar-refractivity contribution in [3.63, 3.8) is 0 Å². The Kier molecular flexibility index (Phi) is 1490. The van der Waals surface area contributed by atoms with Crippen LogP contribution in [0.5, 0.6) is 0 Å².